The Balaban J connectivity index is 1.23. The number of benzene rings is 9. The zero-order chi connectivity index (χ0) is 38.5. The molecule has 0 fully saturated rings. The smallest absolute Gasteiger partial charge is 0.161 e. The summed E-state index contributed by atoms with van der Waals surface area (Å²) in [6.07, 6.45) is 0. The molecule has 0 saturated carbocycles. The van der Waals surface area contributed by atoms with E-state index in [2.05, 4.69) is 133 Å². The second-order valence-electron chi connectivity index (χ2n) is 15.0. The van der Waals surface area contributed by atoms with Crippen LogP contribution in [0, 0.1) is 22.7 Å². The van der Waals surface area contributed by atoms with Crippen LogP contribution in [0.25, 0.3) is 122 Å². The molecule has 0 amide bonds. The first-order valence-electron chi connectivity index (χ1n) is 19.4. The van der Waals surface area contributed by atoms with Gasteiger partial charge in [-0.1, -0.05) is 140 Å². The van der Waals surface area contributed by atoms with Crippen LogP contribution in [0.1, 0.15) is 11.1 Å². The van der Waals surface area contributed by atoms with E-state index in [0.717, 1.165) is 38.5 Å². The van der Waals surface area contributed by atoms with Crippen molar-refractivity contribution in [2.75, 3.05) is 0 Å². The van der Waals surface area contributed by atoms with Crippen molar-refractivity contribution in [1.82, 2.24) is 9.97 Å². The molecular weight excluding hydrogens is 705 g/mol. The third-order valence-electron chi connectivity index (χ3n) is 12.1. The molecule has 4 nitrogen and oxygen atoms in total. The Morgan fingerprint density at radius 2 is 0.776 bits per heavy atom. The van der Waals surface area contributed by atoms with Crippen LogP contribution in [0.2, 0.25) is 0 Å². The number of hydrogen-bond acceptors (Lipinski definition) is 4. The number of nitriles is 2. The van der Waals surface area contributed by atoms with Crippen LogP contribution in [0.15, 0.2) is 170 Å². The van der Waals surface area contributed by atoms with Gasteiger partial charge in [-0.15, -0.1) is 0 Å². The van der Waals surface area contributed by atoms with E-state index in [0.29, 0.717) is 33.8 Å². The molecule has 264 valence electrons. The standard InChI is InChI=1S/C54H28N4/c55-29-31-11-1-3-13-35(31)52-49-28-33(34-23-25-46-39-17-7-5-15-37(39)43-20-9-19-42(34)50(43)46)27-48(53(49)58-54(57-52)36-14-4-2-12-32(36)30-56)41-24-26-47-40-18-8-6-16-38(40)44-21-10-22-45(41)51(44)47/h1-28H. The minimum atomic E-state index is 0.433. The first kappa shape index (κ1) is 32.1. The van der Waals surface area contributed by atoms with E-state index in [1.165, 1.54) is 60.7 Å². The zero-order valence-electron chi connectivity index (χ0n) is 31.0. The summed E-state index contributed by atoms with van der Waals surface area (Å²) in [5, 5.41) is 26.3. The van der Waals surface area contributed by atoms with E-state index in [1.54, 1.807) is 6.07 Å². The van der Waals surface area contributed by atoms with Gasteiger partial charge >= 0.3 is 0 Å². The van der Waals surface area contributed by atoms with Crippen molar-refractivity contribution in [2.24, 2.45) is 0 Å². The maximum Gasteiger partial charge on any atom is 0.161 e. The Hall–Kier alpha value is -8.18. The van der Waals surface area contributed by atoms with E-state index < -0.39 is 0 Å². The van der Waals surface area contributed by atoms with E-state index in [-0.39, 0.29) is 0 Å². The van der Waals surface area contributed by atoms with Gasteiger partial charge in [0.15, 0.2) is 5.82 Å². The van der Waals surface area contributed by atoms with E-state index in [1.807, 2.05) is 42.5 Å². The number of hydrogen-bond donors (Lipinski definition) is 0. The number of rotatable bonds is 4. The highest BCUT2D eigenvalue weighted by atomic mass is 14.9. The minimum Gasteiger partial charge on any atom is -0.227 e. The summed E-state index contributed by atoms with van der Waals surface area (Å²) in [6, 6.07) is 63.8. The Labute approximate surface area is 334 Å². The molecular formula is C54H28N4. The number of fused-ring (bicyclic) bond motifs is 7. The first-order valence-corrected chi connectivity index (χ1v) is 19.4. The summed E-state index contributed by atoms with van der Waals surface area (Å²) >= 11 is 0. The van der Waals surface area contributed by atoms with Gasteiger partial charge in [-0.05, 0) is 113 Å². The van der Waals surface area contributed by atoms with Crippen LogP contribution in [0.5, 0.6) is 0 Å². The highest BCUT2D eigenvalue weighted by Crippen LogP contribution is 2.52. The first-order chi connectivity index (χ1) is 28.7. The van der Waals surface area contributed by atoms with Gasteiger partial charge in [0.05, 0.1) is 34.5 Å². The fraction of sp³-hybridized carbons (Fsp3) is 0. The molecule has 1 heterocycles. The van der Waals surface area contributed by atoms with Crippen molar-refractivity contribution in [3.8, 4) is 102 Å². The highest BCUT2D eigenvalue weighted by molar-refractivity contribution is 6.22. The molecule has 12 rings (SSSR count). The van der Waals surface area contributed by atoms with Crippen LogP contribution >= 0.6 is 0 Å². The Kier molecular flexibility index (Phi) is 6.73. The summed E-state index contributed by atoms with van der Waals surface area (Å²) in [7, 11) is 0. The van der Waals surface area contributed by atoms with E-state index >= 15 is 0 Å². The molecule has 0 aliphatic heterocycles. The lowest BCUT2D eigenvalue weighted by Crippen LogP contribution is -2.00. The van der Waals surface area contributed by atoms with Crippen molar-refractivity contribution in [1.29, 1.82) is 10.5 Å². The lowest BCUT2D eigenvalue weighted by atomic mass is 9.88. The lowest BCUT2D eigenvalue weighted by molar-refractivity contribution is 1.22. The average molecular weight is 733 g/mol. The second kappa shape index (κ2) is 12.2. The molecule has 0 atom stereocenters. The molecule has 2 aliphatic carbocycles. The fourth-order valence-electron chi connectivity index (χ4n) is 9.59. The molecule has 0 unspecified atom stereocenters. The van der Waals surface area contributed by atoms with Gasteiger partial charge in [0, 0.05) is 22.1 Å². The van der Waals surface area contributed by atoms with E-state index in [4.69, 9.17) is 9.97 Å². The van der Waals surface area contributed by atoms with Crippen molar-refractivity contribution in [3.05, 3.63) is 181 Å². The molecule has 0 bridgehead atoms. The van der Waals surface area contributed by atoms with Gasteiger partial charge < -0.3 is 0 Å². The maximum atomic E-state index is 10.5. The minimum absolute atomic E-state index is 0.433. The van der Waals surface area contributed by atoms with E-state index in [9.17, 15) is 10.5 Å². The average Bonchev–Trinajstić information content (AvgIpc) is 3.80. The van der Waals surface area contributed by atoms with Crippen LogP contribution in [-0.2, 0) is 0 Å². The normalized spacial score (nSPS) is 11.8. The van der Waals surface area contributed by atoms with Gasteiger partial charge in [0.2, 0.25) is 0 Å². The summed E-state index contributed by atoms with van der Waals surface area (Å²) in [4.78, 5) is 10.7. The summed E-state index contributed by atoms with van der Waals surface area (Å²) < 4.78 is 0. The molecule has 0 N–H and O–H groups in total. The molecule has 10 aromatic rings. The largest absolute Gasteiger partial charge is 0.227 e. The molecule has 0 saturated heterocycles. The van der Waals surface area contributed by atoms with Gasteiger partial charge in [-0.2, -0.15) is 10.5 Å². The predicted octanol–water partition coefficient (Wildman–Crippen LogP) is 13.6. The molecule has 58 heavy (non-hydrogen) atoms. The van der Waals surface area contributed by atoms with Crippen molar-refractivity contribution in [3.63, 3.8) is 0 Å². The maximum absolute atomic E-state index is 10.5. The molecule has 0 spiro atoms. The lowest BCUT2D eigenvalue weighted by Gasteiger charge is -2.18. The zero-order valence-corrected chi connectivity index (χ0v) is 31.0. The summed E-state index contributed by atoms with van der Waals surface area (Å²) in [6.45, 7) is 0. The second-order valence-corrected chi connectivity index (χ2v) is 15.0. The van der Waals surface area contributed by atoms with Crippen molar-refractivity contribution >= 4 is 32.4 Å². The van der Waals surface area contributed by atoms with Crippen LogP contribution in [0.4, 0.5) is 0 Å². The topological polar surface area (TPSA) is 73.4 Å². The monoisotopic (exact) mass is 732 g/mol. The quantitative estimate of drug-likeness (QED) is 0.181. The van der Waals surface area contributed by atoms with Gasteiger partial charge in [-0.25, -0.2) is 9.97 Å². The predicted molar refractivity (Wildman–Crippen MR) is 235 cm³/mol. The SMILES string of the molecule is N#Cc1ccccc1-c1nc(-c2ccccc2C#N)c2cc(-c3ccc4c5c(cccc35)-c3ccccc3-4)cc(-c3ccc4c5c(cccc35)-c3ccccc3-4)c2n1. The molecule has 4 heteroatoms. The van der Waals surface area contributed by atoms with Crippen molar-refractivity contribution in [2.45, 2.75) is 0 Å². The van der Waals surface area contributed by atoms with Gasteiger partial charge in [0.25, 0.3) is 0 Å². The molecule has 0 radical (unpaired) electrons. The third-order valence-corrected chi connectivity index (χ3v) is 12.1. The number of nitrogens with zero attached hydrogens (tertiary/aromatic N) is 4. The van der Waals surface area contributed by atoms with Gasteiger partial charge in [-0.3, -0.25) is 0 Å². The summed E-state index contributed by atoms with van der Waals surface area (Å²) in [5.41, 5.74) is 17.8. The third kappa shape index (κ3) is 4.43. The Morgan fingerprint density at radius 1 is 0.328 bits per heavy atom. The number of aromatic nitrogens is 2. The van der Waals surface area contributed by atoms with Crippen LogP contribution in [0.3, 0.4) is 0 Å². The Bertz CT molecular complexity index is 3490. The summed E-state index contributed by atoms with van der Waals surface area (Å²) in [5.74, 6) is 0.433. The van der Waals surface area contributed by atoms with Crippen LogP contribution < -0.4 is 0 Å². The highest BCUT2D eigenvalue weighted by Gasteiger charge is 2.27. The Morgan fingerprint density at radius 3 is 1.36 bits per heavy atom. The fourth-order valence-corrected chi connectivity index (χ4v) is 9.59. The van der Waals surface area contributed by atoms with Gasteiger partial charge in [0.1, 0.15) is 0 Å². The molecule has 2 aliphatic rings. The molecule has 9 aromatic carbocycles. The van der Waals surface area contributed by atoms with Crippen LogP contribution in [-0.4, -0.2) is 9.97 Å². The van der Waals surface area contributed by atoms with Crippen molar-refractivity contribution < 1.29 is 0 Å². The molecule has 1 aromatic heterocycles.